The highest BCUT2D eigenvalue weighted by molar-refractivity contribution is 7.92. The van der Waals surface area contributed by atoms with Crippen LogP contribution in [0, 0.1) is 6.92 Å². The lowest BCUT2D eigenvalue weighted by Gasteiger charge is -2.23. The van der Waals surface area contributed by atoms with E-state index >= 15 is 0 Å². The van der Waals surface area contributed by atoms with Crippen molar-refractivity contribution in [2.45, 2.75) is 45.3 Å². The van der Waals surface area contributed by atoms with Gasteiger partial charge >= 0.3 is 0 Å². The zero-order chi connectivity index (χ0) is 15.6. The number of halogens is 1. The molecule has 5 nitrogen and oxygen atoms in total. The SMILES string of the molecule is CCCc1nc(Cl)c(C)c(NCC(C)(C)S(C)(=O)=O)n1. The number of hydrogen-bond donors (Lipinski definition) is 1. The van der Waals surface area contributed by atoms with Crippen molar-refractivity contribution >= 4 is 27.3 Å². The topological polar surface area (TPSA) is 72.0 Å². The summed E-state index contributed by atoms with van der Waals surface area (Å²) in [6.07, 6.45) is 2.90. The van der Waals surface area contributed by atoms with E-state index in [1.54, 1.807) is 13.8 Å². The molecule has 0 aliphatic carbocycles. The molecule has 0 fully saturated rings. The molecule has 1 heterocycles. The molecule has 1 aromatic rings. The van der Waals surface area contributed by atoms with Crippen LogP contribution in [0.5, 0.6) is 0 Å². The minimum atomic E-state index is -3.15. The third-order valence-corrected chi connectivity index (χ3v) is 5.81. The van der Waals surface area contributed by atoms with Gasteiger partial charge in [0.1, 0.15) is 16.8 Å². The highest BCUT2D eigenvalue weighted by atomic mass is 35.5. The number of nitrogens with zero attached hydrogens (tertiary/aromatic N) is 2. The van der Waals surface area contributed by atoms with Gasteiger partial charge in [0.05, 0.1) is 4.75 Å². The van der Waals surface area contributed by atoms with Crippen LogP contribution in [0.3, 0.4) is 0 Å². The summed E-state index contributed by atoms with van der Waals surface area (Å²) in [6.45, 7) is 7.48. The van der Waals surface area contributed by atoms with Crippen LogP contribution in [-0.2, 0) is 16.3 Å². The first kappa shape index (κ1) is 17.2. The first-order chi connectivity index (χ1) is 9.08. The van der Waals surface area contributed by atoms with Gasteiger partial charge in [-0.05, 0) is 27.2 Å². The summed E-state index contributed by atoms with van der Waals surface area (Å²) in [4.78, 5) is 8.62. The third-order valence-electron chi connectivity index (χ3n) is 3.29. The van der Waals surface area contributed by atoms with E-state index in [-0.39, 0.29) is 6.54 Å². The third kappa shape index (κ3) is 4.06. The molecule has 0 radical (unpaired) electrons. The molecule has 7 heteroatoms. The van der Waals surface area contributed by atoms with Crippen LogP contribution in [0.25, 0.3) is 0 Å². The molecule has 0 bridgehead atoms. The Labute approximate surface area is 126 Å². The van der Waals surface area contributed by atoms with Crippen molar-refractivity contribution in [1.82, 2.24) is 9.97 Å². The first-order valence-corrected chi connectivity index (χ1v) is 8.82. The van der Waals surface area contributed by atoms with Gasteiger partial charge in [0.2, 0.25) is 0 Å². The van der Waals surface area contributed by atoms with Crippen molar-refractivity contribution in [2.24, 2.45) is 0 Å². The van der Waals surface area contributed by atoms with Crippen molar-refractivity contribution in [3.63, 3.8) is 0 Å². The lowest BCUT2D eigenvalue weighted by Crippen LogP contribution is -2.38. The van der Waals surface area contributed by atoms with Crippen LogP contribution in [0.1, 0.15) is 38.6 Å². The summed E-state index contributed by atoms with van der Waals surface area (Å²) in [5.74, 6) is 1.27. The highest BCUT2D eigenvalue weighted by Gasteiger charge is 2.30. The van der Waals surface area contributed by atoms with E-state index in [0.29, 0.717) is 16.8 Å². The smallest absolute Gasteiger partial charge is 0.154 e. The predicted molar refractivity (Wildman–Crippen MR) is 83.2 cm³/mol. The van der Waals surface area contributed by atoms with E-state index in [9.17, 15) is 8.42 Å². The predicted octanol–water partition coefficient (Wildman–Crippen LogP) is 2.63. The standard InChI is InChI=1S/C13H22ClN3O2S/c1-6-7-10-16-11(14)9(2)12(17-10)15-8-13(3,4)20(5,18)19/h6-8H2,1-5H3,(H,15,16,17). The maximum Gasteiger partial charge on any atom is 0.154 e. The van der Waals surface area contributed by atoms with Gasteiger partial charge in [-0.1, -0.05) is 18.5 Å². The van der Waals surface area contributed by atoms with Gasteiger partial charge in [0, 0.05) is 24.8 Å². The summed E-state index contributed by atoms with van der Waals surface area (Å²) in [7, 11) is -3.15. The molecule has 0 atom stereocenters. The zero-order valence-electron chi connectivity index (χ0n) is 12.6. The largest absolute Gasteiger partial charge is 0.368 e. The van der Waals surface area contributed by atoms with Crippen LogP contribution < -0.4 is 5.32 Å². The van der Waals surface area contributed by atoms with Gasteiger partial charge in [-0.25, -0.2) is 18.4 Å². The Morgan fingerprint density at radius 1 is 1.30 bits per heavy atom. The van der Waals surface area contributed by atoms with Gasteiger partial charge in [-0.3, -0.25) is 0 Å². The van der Waals surface area contributed by atoms with Crippen LogP contribution in [0.15, 0.2) is 0 Å². The second-order valence-corrected chi connectivity index (χ2v) is 8.55. The summed E-state index contributed by atoms with van der Waals surface area (Å²) >= 11 is 6.09. The average molecular weight is 320 g/mol. The van der Waals surface area contributed by atoms with Crippen molar-refractivity contribution in [3.8, 4) is 0 Å². The molecule has 0 saturated heterocycles. The molecule has 0 spiro atoms. The molecule has 1 aromatic heterocycles. The summed E-state index contributed by atoms with van der Waals surface area (Å²) in [5, 5.41) is 3.49. The molecular formula is C13H22ClN3O2S. The van der Waals surface area contributed by atoms with E-state index in [1.165, 1.54) is 6.26 Å². The molecule has 20 heavy (non-hydrogen) atoms. The van der Waals surface area contributed by atoms with Crippen molar-refractivity contribution in [1.29, 1.82) is 0 Å². The molecule has 0 aliphatic heterocycles. The van der Waals surface area contributed by atoms with Gasteiger partial charge in [-0.2, -0.15) is 0 Å². The van der Waals surface area contributed by atoms with Gasteiger partial charge in [-0.15, -0.1) is 0 Å². The molecule has 114 valence electrons. The second kappa shape index (κ2) is 6.26. The number of rotatable bonds is 6. The lowest BCUT2D eigenvalue weighted by molar-refractivity contribution is 0.559. The van der Waals surface area contributed by atoms with Gasteiger partial charge in [0.25, 0.3) is 0 Å². The molecular weight excluding hydrogens is 298 g/mol. The lowest BCUT2D eigenvalue weighted by atomic mass is 10.2. The Balaban J connectivity index is 2.98. The normalized spacial score (nSPS) is 12.5. The van der Waals surface area contributed by atoms with Crippen molar-refractivity contribution < 1.29 is 8.42 Å². The summed E-state index contributed by atoms with van der Waals surface area (Å²) in [6, 6.07) is 0. The molecule has 0 aromatic carbocycles. The number of aryl methyl sites for hydroxylation is 1. The number of aromatic nitrogens is 2. The van der Waals surface area contributed by atoms with Gasteiger partial charge < -0.3 is 5.32 Å². The number of sulfone groups is 1. The summed E-state index contributed by atoms with van der Waals surface area (Å²) < 4.78 is 22.5. The van der Waals surface area contributed by atoms with E-state index in [1.807, 2.05) is 13.8 Å². The Bertz CT molecular complexity index is 586. The number of nitrogens with one attached hydrogen (secondary N) is 1. The quantitative estimate of drug-likeness (QED) is 0.816. The Kier molecular flexibility index (Phi) is 5.38. The monoisotopic (exact) mass is 319 g/mol. The first-order valence-electron chi connectivity index (χ1n) is 6.55. The Morgan fingerprint density at radius 3 is 2.40 bits per heavy atom. The molecule has 0 saturated carbocycles. The fourth-order valence-corrected chi connectivity index (χ4v) is 1.99. The summed E-state index contributed by atoms with van der Waals surface area (Å²) in [5.41, 5.74) is 0.732. The zero-order valence-corrected chi connectivity index (χ0v) is 14.2. The van der Waals surface area contributed by atoms with Crippen LogP contribution in [0.2, 0.25) is 5.15 Å². The molecule has 0 unspecified atom stereocenters. The maximum absolute atomic E-state index is 11.7. The molecule has 1 N–H and O–H groups in total. The molecule has 0 aliphatic rings. The van der Waals surface area contributed by atoms with E-state index in [4.69, 9.17) is 11.6 Å². The van der Waals surface area contributed by atoms with Crippen molar-refractivity contribution in [2.75, 3.05) is 18.1 Å². The van der Waals surface area contributed by atoms with Gasteiger partial charge in [0.15, 0.2) is 9.84 Å². The Hall–Kier alpha value is -0.880. The minimum Gasteiger partial charge on any atom is -0.368 e. The Morgan fingerprint density at radius 2 is 1.90 bits per heavy atom. The van der Waals surface area contributed by atoms with E-state index in [2.05, 4.69) is 15.3 Å². The molecule has 0 amide bonds. The number of anilines is 1. The molecule has 1 rings (SSSR count). The fourth-order valence-electron chi connectivity index (χ4n) is 1.47. The highest BCUT2D eigenvalue weighted by Crippen LogP contribution is 2.22. The number of hydrogen-bond acceptors (Lipinski definition) is 5. The second-order valence-electron chi connectivity index (χ2n) is 5.54. The van der Waals surface area contributed by atoms with E-state index < -0.39 is 14.6 Å². The van der Waals surface area contributed by atoms with Crippen LogP contribution >= 0.6 is 11.6 Å². The maximum atomic E-state index is 11.7. The minimum absolute atomic E-state index is 0.269. The van der Waals surface area contributed by atoms with Crippen LogP contribution in [-0.4, -0.2) is 35.9 Å². The fraction of sp³-hybridized carbons (Fsp3) is 0.692. The van der Waals surface area contributed by atoms with Crippen LogP contribution in [0.4, 0.5) is 5.82 Å². The average Bonchev–Trinajstić information content (AvgIpc) is 2.30. The van der Waals surface area contributed by atoms with Crippen molar-refractivity contribution in [3.05, 3.63) is 16.5 Å². The van der Waals surface area contributed by atoms with E-state index in [0.717, 1.165) is 18.4 Å².